The molecule has 148 valence electrons. The summed E-state index contributed by atoms with van der Waals surface area (Å²) in [6, 6.07) is 17.6. The molecule has 2 heterocycles. The van der Waals surface area contributed by atoms with E-state index in [0.29, 0.717) is 23.0 Å². The van der Waals surface area contributed by atoms with Crippen molar-refractivity contribution in [3.8, 4) is 11.3 Å². The van der Waals surface area contributed by atoms with E-state index in [1.54, 1.807) is 10.6 Å². The monoisotopic (exact) mass is 408 g/mol. The summed E-state index contributed by atoms with van der Waals surface area (Å²) in [5, 5.41) is 31.1. The maximum Gasteiger partial charge on any atom is 0.159 e. The summed E-state index contributed by atoms with van der Waals surface area (Å²) in [5.41, 5.74) is 2.42. The van der Waals surface area contributed by atoms with Gasteiger partial charge >= 0.3 is 0 Å². The first-order chi connectivity index (χ1) is 14.0. The molecule has 0 saturated heterocycles. The van der Waals surface area contributed by atoms with Crippen molar-refractivity contribution in [2.24, 2.45) is 5.92 Å². The van der Waals surface area contributed by atoms with Crippen LogP contribution in [-0.4, -0.2) is 43.1 Å². The first-order valence-corrected chi connectivity index (χ1v) is 10.1. The molecular weight excluding hydrogens is 388 g/mol. The van der Waals surface area contributed by atoms with E-state index < -0.39 is 12.2 Å². The van der Waals surface area contributed by atoms with Crippen molar-refractivity contribution in [3.05, 3.63) is 59.8 Å². The van der Waals surface area contributed by atoms with E-state index in [2.05, 4.69) is 28.5 Å². The lowest BCUT2D eigenvalue weighted by Gasteiger charge is -2.19. The van der Waals surface area contributed by atoms with Crippen molar-refractivity contribution in [3.63, 3.8) is 0 Å². The Morgan fingerprint density at radius 2 is 1.86 bits per heavy atom. The van der Waals surface area contributed by atoms with Gasteiger partial charge < -0.3 is 15.5 Å². The van der Waals surface area contributed by atoms with E-state index in [-0.39, 0.29) is 12.0 Å². The number of hydrogen-bond acceptors (Lipinski definition) is 5. The SMILES string of the molecule is C[C@@H]1C[C@@H](Nc2cc(Cl)nc3cc(-c4cccc5ccccc45)nn23)[C@H](O)[C@@H]1O. The van der Waals surface area contributed by atoms with Crippen LogP contribution in [0.15, 0.2) is 54.6 Å². The number of halogens is 1. The van der Waals surface area contributed by atoms with Gasteiger partial charge in [-0.1, -0.05) is 61.0 Å². The highest BCUT2D eigenvalue weighted by Gasteiger charge is 2.39. The van der Waals surface area contributed by atoms with Crippen molar-refractivity contribution < 1.29 is 10.2 Å². The molecule has 0 aliphatic heterocycles. The van der Waals surface area contributed by atoms with Gasteiger partial charge in [0.05, 0.1) is 17.8 Å². The Hall–Kier alpha value is -2.67. The summed E-state index contributed by atoms with van der Waals surface area (Å²) in [7, 11) is 0. The minimum absolute atomic E-state index is 0.0131. The van der Waals surface area contributed by atoms with Gasteiger partial charge in [-0.2, -0.15) is 9.61 Å². The Morgan fingerprint density at radius 1 is 1.07 bits per heavy atom. The summed E-state index contributed by atoms with van der Waals surface area (Å²) >= 11 is 6.25. The molecular formula is C22H21ClN4O2. The van der Waals surface area contributed by atoms with Gasteiger partial charge in [-0.3, -0.25) is 0 Å². The minimum Gasteiger partial charge on any atom is -0.390 e. The molecule has 5 rings (SSSR count). The number of benzene rings is 2. The third-order valence-corrected chi connectivity index (χ3v) is 5.96. The van der Waals surface area contributed by atoms with Crippen molar-refractivity contribution in [1.29, 1.82) is 0 Å². The zero-order chi connectivity index (χ0) is 20.1. The van der Waals surface area contributed by atoms with Gasteiger partial charge in [0.1, 0.15) is 17.1 Å². The topological polar surface area (TPSA) is 82.7 Å². The molecule has 2 aromatic heterocycles. The molecule has 1 aliphatic carbocycles. The lowest BCUT2D eigenvalue weighted by atomic mass is 10.0. The lowest BCUT2D eigenvalue weighted by molar-refractivity contribution is 0.0210. The number of nitrogens with zero attached hydrogens (tertiary/aromatic N) is 3. The number of rotatable bonds is 3. The van der Waals surface area contributed by atoms with E-state index in [1.807, 2.05) is 37.3 Å². The van der Waals surface area contributed by atoms with E-state index >= 15 is 0 Å². The fraction of sp³-hybridized carbons (Fsp3) is 0.273. The fourth-order valence-electron chi connectivity index (χ4n) is 4.22. The van der Waals surface area contributed by atoms with Gasteiger partial charge in [0.25, 0.3) is 0 Å². The number of fused-ring (bicyclic) bond motifs is 2. The highest BCUT2D eigenvalue weighted by molar-refractivity contribution is 6.29. The van der Waals surface area contributed by atoms with Crippen LogP contribution in [0.1, 0.15) is 13.3 Å². The average Bonchev–Trinajstić information content (AvgIpc) is 3.24. The van der Waals surface area contributed by atoms with Crippen molar-refractivity contribution in [2.45, 2.75) is 31.6 Å². The first-order valence-electron chi connectivity index (χ1n) is 9.68. The Kier molecular flexibility index (Phi) is 4.42. The van der Waals surface area contributed by atoms with Gasteiger partial charge in [-0.05, 0) is 23.1 Å². The quantitative estimate of drug-likeness (QED) is 0.450. The van der Waals surface area contributed by atoms with Crippen molar-refractivity contribution in [1.82, 2.24) is 14.6 Å². The van der Waals surface area contributed by atoms with E-state index in [0.717, 1.165) is 22.0 Å². The van der Waals surface area contributed by atoms with Crippen LogP contribution in [0, 0.1) is 5.92 Å². The number of aliphatic hydroxyl groups excluding tert-OH is 2. The van der Waals surface area contributed by atoms with Crippen LogP contribution in [0.5, 0.6) is 0 Å². The second-order valence-electron chi connectivity index (χ2n) is 7.74. The zero-order valence-electron chi connectivity index (χ0n) is 15.8. The molecule has 2 aromatic carbocycles. The smallest absolute Gasteiger partial charge is 0.159 e. The molecule has 3 N–H and O–H groups in total. The van der Waals surface area contributed by atoms with Gasteiger partial charge in [0.15, 0.2) is 5.65 Å². The summed E-state index contributed by atoms with van der Waals surface area (Å²) in [4.78, 5) is 4.40. The van der Waals surface area contributed by atoms with Crippen molar-refractivity contribution in [2.75, 3.05) is 5.32 Å². The molecule has 4 aromatic rings. The predicted octanol–water partition coefficient (Wildman–Crippen LogP) is 3.75. The molecule has 0 radical (unpaired) electrons. The normalized spacial score (nSPS) is 24.4. The van der Waals surface area contributed by atoms with Crippen LogP contribution >= 0.6 is 11.6 Å². The standard InChI is InChI=1S/C22H21ClN4O2/c1-12-9-17(22(29)21(12)28)24-20-11-18(23)25-19-10-16(26-27(19)20)15-8-4-6-13-5-2-3-7-14(13)15/h2-8,10-12,17,21-22,24,28-29H,9H2,1H3/t12-,17-,21-,22+/m1/s1. The molecule has 7 heteroatoms. The molecule has 29 heavy (non-hydrogen) atoms. The molecule has 0 bridgehead atoms. The maximum atomic E-state index is 10.3. The summed E-state index contributed by atoms with van der Waals surface area (Å²) in [6.45, 7) is 1.93. The Morgan fingerprint density at radius 3 is 2.66 bits per heavy atom. The molecule has 0 amide bonds. The summed E-state index contributed by atoms with van der Waals surface area (Å²) in [6.07, 6.45) is -0.939. The van der Waals surface area contributed by atoms with Crippen LogP contribution in [0.3, 0.4) is 0 Å². The second kappa shape index (κ2) is 6.99. The molecule has 0 unspecified atom stereocenters. The molecule has 0 spiro atoms. The average molecular weight is 409 g/mol. The van der Waals surface area contributed by atoms with Crippen LogP contribution in [0.4, 0.5) is 5.82 Å². The second-order valence-corrected chi connectivity index (χ2v) is 8.12. The lowest BCUT2D eigenvalue weighted by Crippen LogP contribution is -2.35. The highest BCUT2D eigenvalue weighted by atomic mass is 35.5. The number of anilines is 1. The van der Waals surface area contributed by atoms with Crippen LogP contribution in [0.25, 0.3) is 27.7 Å². The van der Waals surface area contributed by atoms with Crippen molar-refractivity contribution >= 4 is 33.8 Å². The van der Waals surface area contributed by atoms with Gasteiger partial charge in [-0.15, -0.1) is 0 Å². The molecule has 1 saturated carbocycles. The number of aliphatic hydroxyl groups is 2. The minimum atomic E-state index is -0.847. The van der Waals surface area contributed by atoms with E-state index in [4.69, 9.17) is 16.7 Å². The first kappa shape index (κ1) is 18.4. The summed E-state index contributed by atoms with van der Waals surface area (Å²) in [5.74, 6) is 0.649. The molecule has 6 nitrogen and oxygen atoms in total. The van der Waals surface area contributed by atoms with Gasteiger partial charge in [0.2, 0.25) is 0 Å². The third kappa shape index (κ3) is 3.13. The van der Waals surface area contributed by atoms with Gasteiger partial charge in [-0.25, -0.2) is 4.98 Å². The summed E-state index contributed by atoms with van der Waals surface area (Å²) < 4.78 is 1.70. The van der Waals surface area contributed by atoms with Crippen LogP contribution < -0.4 is 5.32 Å². The Labute approximate surface area is 172 Å². The fourth-order valence-corrected chi connectivity index (χ4v) is 4.41. The molecule has 1 aliphatic rings. The van der Waals surface area contributed by atoms with E-state index in [9.17, 15) is 10.2 Å². The Balaban J connectivity index is 1.60. The number of aromatic nitrogens is 3. The maximum absolute atomic E-state index is 10.3. The highest BCUT2D eigenvalue weighted by Crippen LogP contribution is 2.32. The van der Waals surface area contributed by atoms with Gasteiger partial charge in [0, 0.05) is 17.7 Å². The predicted molar refractivity (Wildman–Crippen MR) is 114 cm³/mol. The van der Waals surface area contributed by atoms with E-state index in [1.165, 1.54) is 0 Å². The number of nitrogens with one attached hydrogen (secondary N) is 1. The third-order valence-electron chi connectivity index (χ3n) is 5.77. The van der Waals surface area contributed by atoms with Crippen LogP contribution in [-0.2, 0) is 0 Å². The number of hydrogen-bond donors (Lipinski definition) is 3. The zero-order valence-corrected chi connectivity index (χ0v) is 16.6. The van der Waals surface area contributed by atoms with Crippen LogP contribution in [0.2, 0.25) is 5.15 Å². The Bertz CT molecular complexity index is 1200. The molecule has 1 fully saturated rings. The largest absolute Gasteiger partial charge is 0.390 e. The molecule has 4 atom stereocenters.